The molecule has 2 heterocycles. The van der Waals surface area contributed by atoms with Gasteiger partial charge in [-0.05, 0) is 24.3 Å². The first-order valence-electron chi connectivity index (χ1n) is 4.85. The zero-order chi connectivity index (χ0) is 11.0. The Morgan fingerprint density at radius 3 is 2.88 bits per heavy atom. The number of aromatic nitrogens is 3. The fraction of sp³-hybridized carbons (Fsp3) is 0. The van der Waals surface area contributed by atoms with Gasteiger partial charge in [0.05, 0.1) is 5.56 Å². The van der Waals surface area contributed by atoms with Gasteiger partial charge in [0.15, 0.2) is 11.5 Å². The quantitative estimate of drug-likeness (QED) is 0.667. The third-order valence-electron chi connectivity index (χ3n) is 2.40. The Hall–Kier alpha value is -2.36. The molecule has 77 valence electrons. The maximum Gasteiger partial charge on any atom is 0.172 e. The zero-order valence-corrected chi connectivity index (χ0v) is 8.33. The van der Waals surface area contributed by atoms with Crippen LogP contribution in [0.15, 0.2) is 42.6 Å². The van der Waals surface area contributed by atoms with E-state index in [1.807, 2.05) is 12.1 Å². The Bertz CT molecular complexity index is 645. The normalized spacial score (nSPS) is 10.8. The lowest BCUT2D eigenvalue weighted by atomic mass is 10.2. The van der Waals surface area contributed by atoms with Gasteiger partial charge in [0.1, 0.15) is 5.75 Å². The van der Waals surface area contributed by atoms with E-state index in [0.29, 0.717) is 11.4 Å². The van der Waals surface area contributed by atoms with Crippen LogP contribution in [0.5, 0.6) is 5.75 Å². The van der Waals surface area contributed by atoms with E-state index >= 15 is 0 Å². The summed E-state index contributed by atoms with van der Waals surface area (Å²) in [7, 11) is 0. The Morgan fingerprint density at radius 1 is 1.12 bits per heavy atom. The van der Waals surface area contributed by atoms with Gasteiger partial charge in [-0.3, -0.25) is 4.40 Å². The van der Waals surface area contributed by atoms with Crippen molar-refractivity contribution in [2.75, 3.05) is 0 Å². The Labute approximate surface area is 91.8 Å². The molecule has 0 unspecified atom stereocenters. The van der Waals surface area contributed by atoms with Gasteiger partial charge in [-0.15, -0.1) is 10.2 Å². The molecule has 0 bridgehead atoms. The lowest BCUT2D eigenvalue weighted by Crippen LogP contribution is -1.88. The number of phenols is 1. The van der Waals surface area contributed by atoms with E-state index in [9.17, 15) is 5.11 Å². The number of hydrogen-bond donors (Lipinski definition) is 1. The molecule has 3 rings (SSSR count). The number of nitrogens with zero attached hydrogens (tertiary/aromatic N) is 3. The summed E-state index contributed by atoms with van der Waals surface area (Å²) in [6, 6.07) is 13.6. The minimum absolute atomic E-state index is 0.195. The van der Waals surface area contributed by atoms with Crippen molar-refractivity contribution in [3.63, 3.8) is 0 Å². The van der Waals surface area contributed by atoms with Gasteiger partial charge in [0, 0.05) is 12.3 Å². The molecule has 16 heavy (non-hydrogen) atoms. The second kappa shape index (κ2) is 3.34. The van der Waals surface area contributed by atoms with Crippen LogP contribution in [0.3, 0.4) is 0 Å². The summed E-state index contributed by atoms with van der Waals surface area (Å²) in [5.41, 5.74) is 1.40. The largest absolute Gasteiger partial charge is 0.507 e. The molecule has 0 atom stereocenters. The summed E-state index contributed by atoms with van der Waals surface area (Å²) in [6.07, 6.45) is 1.75. The SMILES string of the molecule is Oc1ccccc1-c1nnc2cc[c]cn12. The van der Waals surface area contributed by atoms with Crippen molar-refractivity contribution in [1.82, 2.24) is 14.6 Å². The highest BCUT2D eigenvalue weighted by Gasteiger charge is 2.10. The number of rotatable bonds is 1. The van der Waals surface area contributed by atoms with E-state index in [-0.39, 0.29) is 5.75 Å². The van der Waals surface area contributed by atoms with E-state index in [0.717, 1.165) is 5.65 Å². The highest BCUT2D eigenvalue weighted by Crippen LogP contribution is 2.26. The third kappa shape index (κ3) is 1.24. The average Bonchev–Trinajstić information content (AvgIpc) is 2.74. The molecular formula is C12H8N3O. The minimum Gasteiger partial charge on any atom is -0.507 e. The molecule has 0 spiro atoms. The van der Waals surface area contributed by atoms with Crippen molar-refractivity contribution < 1.29 is 5.11 Å². The fourth-order valence-electron chi connectivity index (χ4n) is 1.63. The summed E-state index contributed by atoms with van der Waals surface area (Å²) in [4.78, 5) is 0. The first-order chi connectivity index (χ1) is 7.86. The molecule has 4 nitrogen and oxygen atoms in total. The van der Waals surface area contributed by atoms with Crippen LogP contribution in [0, 0.1) is 6.07 Å². The minimum atomic E-state index is 0.195. The number of benzene rings is 1. The monoisotopic (exact) mass is 210 g/mol. The molecular weight excluding hydrogens is 202 g/mol. The Morgan fingerprint density at radius 2 is 2.00 bits per heavy atom. The van der Waals surface area contributed by atoms with Crippen LogP contribution in [0.2, 0.25) is 0 Å². The smallest absolute Gasteiger partial charge is 0.172 e. The summed E-state index contributed by atoms with van der Waals surface area (Å²) < 4.78 is 1.79. The van der Waals surface area contributed by atoms with Gasteiger partial charge in [0.2, 0.25) is 0 Å². The van der Waals surface area contributed by atoms with E-state index in [1.54, 1.807) is 34.9 Å². The number of phenolic OH excluding ortho intramolecular Hbond substituents is 1. The highest BCUT2D eigenvalue weighted by molar-refractivity contribution is 5.65. The van der Waals surface area contributed by atoms with Crippen molar-refractivity contribution in [2.24, 2.45) is 0 Å². The number of para-hydroxylation sites is 1. The van der Waals surface area contributed by atoms with Gasteiger partial charge < -0.3 is 5.11 Å². The molecule has 0 aliphatic heterocycles. The zero-order valence-electron chi connectivity index (χ0n) is 8.33. The summed E-state index contributed by atoms with van der Waals surface area (Å²) in [6.45, 7) is 0. The second-order valence-electron chi connectivity index (χ2n) is 3.40. The van der Waals surface area contributed by atoms with Crippen LogP contribution in [0.25, 0.3) is 17.0 Å². The molecule has 1 radical (unpaired) electrons. The lowest BCUT2D eigenvalue weighted by Gasteiger charge is -2.01. The second-order valence-corrected chi connectivity index (χ2v) is 3.40. The van der Waals surface area contributed by atoms with Crippen LogP contribution >= 0.6 is 0 Å². The van der Waals surface area contributed by atoms with E-state index < -0.39 is 0 Å². The van der Waals surface area contributed by atoms with Gasteiger partial charge >= 0.3 is 0 Å². The molecule has 0 aliphatic carbocycles. The molecule has 1 aromatic carbocycles. The van der Waals surface area contributed by atoms with Crippen molar-refractivity contribution in [3.8, 4) is 17.1 Å². The van der Waals surface area contributed by atoms with Gasteiger partial charge in [0.25, 0.3) is 0 Å². The van der Waals surface area contributed by atoms with Crippen LogP contribution in [0.4, 0.5) is 0 Å². The van der Waals surface area contributed by atoms with Gasteiger partial charge in [-0.1, -0.05) is 12.1 Å². The first kappa shape index (κ1) is 8.91. The van der Waals surface area contributed by atoms with Crippen molar-refractivity contribution in [2.45, 2.75) is 0 Å². The molecule has 0 saturated carbocycles. The molecule has 0 saturated heterocycles. The summed E-state index contributed by atoms with van der Waals surface area (Å²) in [5, 5.41) is 17.8. The maximum atomic E-state index is 9.75. The van der Waals surface area contributed by atoms with E-state index in [1.165, 1.54) is 0 Å². The third-order valence-corrected chi connectivity index (χ3v) is 2.40. The fourth-order valence-corrected chi connectivity index (χ4v) is 1.63. The Kier molecular flexibility index (Phi) is 1.86. The van der Waals surface area contributed by atoms with Crippen LogP contribution < -0.4 is 0 Å². The van der Waals surface area contributed by atoms with Gasteiger partial charge in [-0.25, -0.2) is 0 Å². The summed E-state index contributed by atoms with van der Waals surface area (Å²) in [5.74, 6) is 0.811. The van der Waals surface area contributed by atoms with Crippen molar-refractivity contribution in [3.05, 3.63) is 48.7 Å². The molecule has 3 aromatic rings. The maximum absolute atomic E-state index is 9.75. The van der Waals surface area contributed by atoms with E-state index in [2.05, 4.69) is 16.3 Å². The number of aromatic hydroxyl groups is 1. The van der Waals surface area contributed by atoms with Crippen LogP contribution in [0.1, 0.15) is 0 Å². The van der Waals surface area contributed by atoms with E-state index in [4.69, 9.17) is 0 Å². The highest BCUT2D eigenvalue weighted by atomic mass is 16.3. The van der Waals surface area contributed by atoms with Crippen LogP contribution in [-0.4, -0.2) is 19.7 Å². The molecule has 0 amide bonds. The molecule has 1 N–H and O–H groups in total. The number of fused-ring (bicyclic) bond motifs is 1. The Balaban J connectivity index is 2.31. The first-order valence-corrected chi connectivity index (χ1v) is 4.85. The molecule has 4 heteroatoms. The number of pyridine rings is 1. The van der Waals surface area contributed by atoms with Crippen molar-refractivity contribution >= 4 is 5.65 Å². The predicted molar refractivity (Wildman–Crippen MR) is 58.9 cm³/mol. The molecule has 0 fully saturated rings. The molecule has 0 aliphatic rings. The average molecular weight is 210 g/mol. The van der Waals surface area contributed by atoms with Crippen molar-refractivity contribution in [1.29, 1.82) is 0 Å². The van der Waals surface area contributed by atoms with Crippen LogP contribution in [-0.2, 0) is 0 Å². The summed E-state index contributed by atoms with van der Waals surface area (Å²) >= 11 is 0. The molecule has 2 aromatic heterocycles. The predicted octanol–water partition coefficient (Wildman–Crippen LogP) is 1.90. The lowest BCUT2D eigenvalue weighted by molar-refractivity contribution is 0.477. The number of hydrogen-bond acceptors (Lipinski definition) is 3. The topological polar surface area (TPSA) is 50.4 Å². The standard InChI is InChI=1S/C12H8N3O/c16-10-6-2-1-5-9(10)12-14-13-11-7-3-4-8-15(11)12/h1-3,5-8,16H. The van der Waals surface area contributed by atoms with Gasteiger partial charge in [-0.2, -0.15) is 0 Å².